The van der Waals surface area contributed by atoms with Crippen molar-refractivity contribution in [3.63, 3.8) is 0 Å². The van der Waals surface area contributed by atoms with Crippen molar-refractivity contribution in [1.82, 2.24) is 42.1 Å². The number of unbranched alkanes of at least 4 members (excludes halogenated alkanes) is 4. The molecule has 11 N–H and O–H groups in total. The summed E-state index contributed by atoms with van der Waals surface area (Å²) in [6, 6.07) is -3.87. The number of carbonyl (C=O) groups excluding carboxylic acids is 9. The number of carbonyl (C=O) groups is 9. The molecule has 1 aromatic rings. The van der Waals surface area contributed by atoms with Crippen molar-refractivity contribution >= 4 is 53.2 Å². The van der Waals surface area contributed by atoms with Gasteiger partial charge in [0.15, 0.2) is 0 Å². The number of aliphatic hydroxyl groups is 3. The highest BCUT2D eigenvalue weighted by Crippen LogP contribution is 2.18. The van der Waals surface area contributed by atoms with Gasteiger partial charge < -0.3 is 67.3 Å². The highest BCUT2D eigenvalue weighted by Gasteiger charge is 2.37. The van der Waals surface area contributed by atoms with E-state index < -0.39 is 158 Å². The predicted octanol–water partition coefficient (Wildman–Crippen LogP) is 0.545. The first-order chi connectivity index (χ1) is 35.3. The fourth-order valence-corrected chi connectivity index (χ4v) is 7.86. The largest absolute Gasteiger partial charge is 0.508 e. The molecule has 0 saturated carbocycles. The molecule has 8 amide bonds. The van der Waals surface area contributed by atoms with E-state index in [0.29, 0.717) is 5.56 Å². The molecule has 75 heavy (non-hydrogen) atoms. The van der Waals surface area contributed by atoms with E-state index in [1.54, 1.807) is 73.6 Å². The Morgan fingerprint density at radius 1 is 0.747 bits per heavy atom. The van der Waals surface area contributed by atoms with Gasteiger partial charge in [0, 0.05) is 26.0 Å². The normalized spacial score (nSPS) is 19.4. The zero-order chi connectivity index (χ0) is 56.5. The van der Waals surface area contributed by atoms with Gasteiger partial charge in [0.25, 0.3) is 0 Å². The number of ether oxygens (including phenoxy) is 1. The average Bonchev–Trinajstić information content (AvgIpc) is 3.35. The molecule has 0 saturated heterocycles. The van der Waals surface area contributed by atoms with Crippen molar-refractivity contribution in [3.8, 4) is 5.75 Å². The predicted molar refractivity (Wildman–Crippen MR) is 279 cm³/mol. The van der Waals surface area contributed by atoms with Gasteiger partial charge in [-0.1, -0.05) is 112 Å². The van der Waals surface area contributed by atoms with Crippen LogP contribution in [0.25, 0.3) is 0 Å². The van der Waals surface area contributed by atoms with Crippen LogP contribution >= 0.6 is 0 Å². The number of nitrogens with one attached hydrogen (secondary N) is 7. The summed E-state index contributed by atoms with van der Waals surface area (Å²) in [6.07, 6.45) is 8.60. The summed E-state index contributed by atoms with van der Waals surface area (Å²) in [7, 11) is 1.41. The smallest absolute Gasteiger partial charge is 0.329 e. The molecule has 22 nitrogen and oxygen atoms in total. The molecular weight excluding hydrogens is 973 g/mol. The van der Waals surface area contributed by atoms with Gasteiger partial charge in [-0.05, 0) is 54.2 Å². The fraction of sp³-hybridized carbons (Fsp3) is 0.642. The Morgan fingerprint density at radius 2 is 1.33 bits per heavy atom. The molecule has 2 rings (SSSR count). The number of aliphatic hydroxyl groups excluding tert-OH is 3. The maximum atomic E-state index is 13.8. The Kier molecular flexibility index (Phi) is 28.3. The second kappa shape index (κ2) is 32.8. The van der Waals surface area contributed by atoms with Crippen LogP contribution in [0.4, 0.5) is 0 Å². The number of benzene rings is 1. The Bertz CT molecular complexity index is 2110. The summed E-state index contributed by atoms with van der Waals surface area (Å²) < 4.78 is 5.65. The van der Waals surface area contributed by atoms with E-state index in [4.69, 9.17) is 4.74 Å². The lowest BCUT2D eigenvalue weighted by atomic mass is 9.98. The SMILES string of the molecule is CCCCCC/C=C\CC(=O)N[C@@H](CO)C(=O)N[C@H](C(=O)N[C@H](C(=O)N[C@@H](CO)[C@@H](O)CC(=O)N[C@H](C(=O)N[C@@H]1/C=C/C(=O)N[C@@H](C(C)C)C(=O)N(C)[C@@H](Cc2ccc(O)cc2)C(=O)OC1)C(C)C)C(C)C)C(C)C. The van der Waals surface area contributed by atoms with Crippen molar-refractivity contribution in [2.75, 3.05) is 26.9 Å². The van der Waals surface area contributed by atoms with Gasteiger partial charge >= 0.3 is 5.97 Å². The standard InChI is InChI=1S/C53H84N8O14/c1-11-12-13-14-15-16-17-18-41(66)55-38(28-63)48(69)59-46(32(6)7)51(72)60-45(31(4)5)50(71)56-37(27-62)40(65)26-43(68)58-44(30(2)3)49(70)54-35-21-24-42(67)57-47(33(8)9)52(73)61(10)39(53(74)75-29-35)25-34-19-22-36(64)23-20-34/h16-17,19-24,30-33,35,37-40,44-47,62-65H,11-15,18,25-29H2,1-10H3,(H,54,70)(H,55,66)(H,56,71)(H,57,67)(H,58,68)(H,59,69)(H,60,72)/b17-16-,24-21+/t35-,37+,38+,39+,40+,44+,45+,46+,47+/m1/s1. The molecular formula is C53H84N8O14. The summed E-state index contributed by atoms with van der Waals surface area (Å²) in [5.41, 5.74) is 0.596. The number of hydrogen-bond donors (Lipinski definition) is 11. The lowest BCUT2D eigenvalue weighted by molar-refractivity contribution is -0.156. The number of likely N-dealkylation sites (N-methyl/N-ethyl adjacent to an activating group) is 1. The third-order valence-corrected chi connectivity index (χ3v) is 12.6. The third-order valence-electron chi connectivity index (χ3n) is 12.6. The lowest BCUT2D eigenvalue weighted by Gasteiger charge is -2.32. The molecule has 1 aromatic carbocycles. The number of aromatic hydroxyl groups is 1. The van der Waals surface area contributed by atoms with Gasteiger partial charge in [0.05, 0.1) is 37.8 Å². The van der Waals surface area contributed by atoms with Crippen molar-refractivity contribution in [1.29, 1.82) is 0 Å². The minimum absolute atomic E-state index is 0.00339. The second-order valence-electron chi connectivity index (χ2n) is 20.3. The zero-order valence-corrected chi connectivity index (χ0v) is 45.2. The first-order valence-electron chi connectivity index (χ1n) is 25.9. The average molecular weight is 1060 g/mol. The summed E-state index contributed by atoms with van der Waals surface area (Å²) in [5, 5.41) is 59.1. The monoisotopic (exact) mass is 1060 g/mol. The molecule has 0 aromatic heterocycles. The molecule has 0 fully saturated rings. The van der Waals surface area contributed by atoms with Crippen molar-refractivity contribution in [2.24, 2.45) is 23.7 Å². The van der Waals surface area contributed by atoms with E-state index in [1.165, 1.54) is 30.2 Å². The minimum Gasteiger partial charge on any atom is -0.508 e. The van der Waals surface area contributed by atoms with Crippen LogP contribution in [0.15, 0.2) is 48.6 Å². The minimum atomic E-state index is -1.71. The van der Waals surface area contributed by atoms with Crippen LogP contribution in [0.3, 0.4) is 0 Å². The zero-order valence-electron chi connectivity index (χ0n) is 45.2. The summed E-state index contributed by atoms with van der Waals surface area (Å²) in [4.78, 5) is 122. The van der Waals surface area contributed by atoms with Crippen molar-refractivity contribution in [2.45, 2.75) is 168 Å². The number of amides is 8. The number of rotatable bonds is 28. The van der Waals surface area contributed by atoms with Crippen LogP contribution in [0.1, 0.15) is 113 Å². The Balaban J connectivity index is 2.16. The molecule has 1 aliphatic rings. The van der Waals surface area contributed by atoms with Crippen LogP contribution in [-0.4, -0.2) is 160 Å². The molecule has 1 aliphatic heterocycles. The molecule has 420 valence electrons. The van der Waals surface area contributed by atoms with E-state index in [-0.39, 0.29) is 18.6 Å². The van der Waals surface area contributed by atoms with Crippen LogP contribution in [0.5, 0.6) is 5.75 Å². The fourth-order valence-electron chi connectivity index (χ4n) is 7.86. The van der Waals surface area contributed by atoms with Crippen molar-refractivity contribution in [3.05, 3.63) is 54.1 Å². The molecule has 0 radical (unpaired) electrons. The number of hydrogen-bond acceptors (Lipinski definition) is 14. The summed E-state index contributed by atoms with van der Waals surface area (Å²) in [6.45, 7) is 13.3. The maximum absolute atomic E-state index is 13.8. The third kappa shape index (κ3) is 22.2. The number of phenols is 1. The molecule has 1 heterocycles. The van der Waals surface area contributed by atoms with E-state index in [2.05, 4.69) is 44.1 Å². The van der Waals surface area contributed by atoms with Gasteiger partial charge in [-0.2, -0.15) is 0 Å². The Hall–Kier alpha value is -6.39. The van der Waals surface area contributed by atoms with Gasteiger partial charge in [-0.3, -0.25) is 38.4 Å². The number of cyclic esters (lactones) is 1. The van der Waals surface area contributed by atoms with Crippen LogP contribution in [0, 0.1) is 23.7 Å². The molecule has 0 bridgehead atoms. The summed E-state index contributed by atoms with van der Waals surface area (Å²) in [5.74, 6) is -8.66. The Morgan fingerprint density at radius 3 is 1.89 bits per heavy atom. The first-order valence-corrected chi connectivity index (χ1v) is 25.9. The van der Waals surface area contributed by atoms with E-state index in [1.807, 2.05) is 6.08 Å². The van der Waals surface area contributed by atoms with Gasteiger partial charge in [0.2, 0.25) is 47.3 Å². The van der Waals surface area contributed by atoms with Crippen LogP contribution in [-0.2, 0) is 54.3 Å². The number of phenolic OH excluding ortho intramolecular Hbond substituents is 1. The topological polar surface area (TPSA) is 331 Å². The lowest BCUT2D eigenvalue weighted by Crippen LogP contribution is -2.61. The van der Waals surface area contributed by atoms with Crippen molar-refractivity contribution < 1.29 is 68.3 Å². The Labute approximate surface area is 441 Å². The molecule has 9 atom stereocenters. The van der Waals surface area contributed by atoms with Gasteiger partial charge in [-0.15, -0.1) is 0 Å². The number of allylic oxidation sites excluding steroid dienone is 1. The highest BCUT2D eigenvalue weighted by molar-refractivity contribution is 5.96. The molecule has 0 aliphatic carbocycles. The van der Waals surface area contributed by atoms with Gasteiger partial charge in [-0.25, -0.2) is 4.79 Å². The van der Waals surface area contributed by atoms with Crippen LogP contribution < -0.4 is 37.2 Å². The molecule has 0 unspecified atom stereocenters. The maximum Gasteiger partial charge on any atom is 0.329 e. The van der Waals surface area contributed by atoms with E-state index >= 15 is 0 Å². The van der Waals surface area contributed by atoms with Gasteiger partial charge in [0.1, 0.15) is 48.6 Å². The van der Waals surface area contributed by atoms with E-state index in [0.717, 1.165) is 38.2 Å². The first kappa shape index (κ1) is 64.7. The molecule has 22 heteroatoms. The van der Waals surface area contributed by atoms with E-state index in [9.17, 15) is 63.6 Å². The summed E-state index contributed by atoms with van der Waals surface area (Å²) >= 11 is 0. The number of nitrogens with zero attached hydrogens (tertiary/aromatic N) is 1. The second-order valence-corrected chi connectivity index (χ2v) is 20.3. The molecule has 0 spiro atoms. The highest BCUT2D eigenvalue weighted by atomic mass is 16.5. The van der Waals surface area contributed by atoms with Crippen LogP contribution in [0.2, 0.25) is 0 Å². The quantitative estimate of drug-likeness (QED) is 0.0310. The number of esters is 1.